The highest BCUT2D eigenvalue weighted by atomic mass is 16.5. The topological polar surface area (TPSA) is 58.6 Å². The van der Waals surface area contributed by atoms with E-state index in [9.17, 15) is 4.79 Å². The second-order valence-corrected chi connectivity index (χ2v) is 3.96. The van der Waals surface area contributed by atoms with Crippen molar-refractivity contribution >= 4 is 5.91 Å². The van der Waals surface area contributed by atoms with E-state index >= 15 is 0 Å². The van der Waals surface area contributed by atoms with Crippen molar-refractivity contribution in [1.29, 1.82) is 0 Å². The summed E-state index contributed by atoms with van der Waals surface area (Å²) in [4.78, 5) is 11.5. The molecule has 1 aromatic rings. The van der Waals surface area contributed by atoms with Gasteiger partial charge < -0.3 is 15.2 Å². The molecule has 4 heteroatoms. The third-order valence-corrected chi connectivity index (χ3v) is 2.44. The summed E-state index contributed by atoms with van der Waals surface area (Å²) in [5.74, 6) is 0.463. The van der Waals surface area contributed by atoms with Gasteiger partial charge in [0.05, 0.1) is 12.6 Å². The lowest BCUT2D eigenvalue weighted by Gasteiger charge is -2.14. The van der Waals surface area contributed by atoms with E-state index in [1.807, 2.05) is 38.1 Å². The van der Waals surface area contributed by atoms with Crippen LogP contribution in [0.3, 0.4) is 0 Å². The average Bonchev–Trinajstić information content (AvgIpc) is 2.33. The van der Waals surface area contributed by atoms with Gasteiger partial charge in [0, 0.05) is 0 Å². The zero-order chi connectivity index (χ0) is 12.7. The van der Waals surface area contributed by atoms with Gasteiger partial charge in [0.25, 0.3) is 5.91 Å². The number of rotatable bonds is 6. The van der Waals surface area contributed by atoms with Gasteiger partial charge >= 0.3 is 0 Å². The molecule has 2 N–H and O–H groups in total. The molecule has 1 aromatic carbocycles. The number of ether oxygens (including phenoxy) is 1. The molecule has 0 spiro atoms. The molecule has 94 valence electrons. The summed E-state index contributed by atoms with van der Waals surface area (Å²) >= 11 is 0. The molecule has 0 aromatic heterocycles. The Morgan fingerprint density at radius 1 is 1.53 bits per heavy atom. The smallest absolute Gasteiger partial charge is 0.258 e. The lowest BCUT2D eigenvalue weighted by Crippen LogP contribution is -2.39. The number of aryl methyl sites for hydroxylation is 1. The molecule has 1 atom stereocenters. The minimum atomic E-state index is -0.215. The summed E-state index contributed by atoms with van der Waals surface area (Å²) in [5.41, 5.74) is 1.09. The average molecular weight is 237 g/mol. The maximum atomic E-state index is 11.5. The molecule has 0 saturated carbocycles. The van der Waals surface area contributed by atoms with Gasteiger partial charge in [0.1, 0.15) is 5.75 Å². The first-order valence-corrected chi connectivity index (χ1v) is 5.75. The van der Waals surface area contributed by atoms with Crippen LogP contribution in [0.1, 0.15) is 18.9 Å². The van der Waals surface area contributed by atoms with Crippen LogP contribution in [0.25, 0.3) is 0 Å². The van der Waals surface area contributed by atoms with Crippen molar-refractivity contribution in [3.63, 3.8) is 0 Å². The highest BCUT2D eigenvalue weighted by molar-refractivity contribution is 5.77. The summed E-state index contributed by atoms with van der Waals surface area (Å²) in [6, 6.07) is 7.33. The first-order valence-electron chi connectivity index (χ1n) is 5.75. The van der Waals surface area contributed by atoms with Gasteiger partial charge in [-0.15, -0.1) is 0 Å². The number of benzene rings is 1. The number of carbonyl (C=O) groups excluding carboxylic acids is 1. The third-order valence-electron chi connectivity index (χ3n) is 2.44. The van der Waals surface area contributed by atoms with Crippen molar-refractivity contribution in [3.8, 4) is 5.75 Å². The molecule has 0 aliphatic heterocycles. The van der Waals surface area contributed by atoms with E-state index in [1.165, 1.54) is 0 Å². The van der Waals surface area contributed by atoms with Gasteiger partial charge in [-0.05, 0) is 31.0 Å². The number of hydrogen-bond donors (Lipinski definition) is 2. The highest BCUT2D eigenvalue weighted by Crippen LogP contribution is 2.11. The van der Waals surface area contributed by atoms with E-state index in [0.717, 1.165) is 5.56 Å². The van der Waals surface area contributed by atoms with Crippen LogP contribution in [0, 0.1) is 6.92 Å². The molecule has 1 amide bonds. The maximum absolute atomic E-state index is 11.5. The molecule has 0 fully saturated rings. The molecular formula is C13H19NO3. The number of aliphatic hydroxyl groups excluding tert-OH is 1. The first-order chi connectivity index (χ1) is 8.15. The minimum Gasteiger partial charge on any atom is -0.484 e. The molecule has 0 aliphatic rings. The quantitative estimate of drug-likeness (QED) is 0.783. The molecule has 4 nitrogen and oxygen atoms in total. The van der Waals surface area contributed by atoms with Crippen molar-refractivity contribution in [3.05, 3.63) is 29.8 Å². The van der Waals surface area contributed by atoms with Crippen molar-refractivity contribution in [2.75, 3.05) is 13.2 Å². The number of nitrogens with one attached hydrogen (secondary N) is 1. The molecular weight excluding hydrogens is 218 g/mol. The number of amides is 1. The summed E-state index contributed by atoms with van der Waals surface area (Å²) in [5, 5.41) is 11.6. The lowest BCUT2D eigenvalue weighted by atomic mass is 10.2. The zero-order valence-corrected chi connectivity index (χ0v) is 10.3. The van der Waals surface area contributed by atoms with Gasteiger partial charge in [-0.3, -0.25) is 4.79 Å². The Hall–Kier alpha value is -1.55. The number of hydrogen-bond acceptors (Lipinski definition) is 3. The summed E-state index contributed by atoms with van der Waals surface area (Å²) in [6.07, 6.45) is 0.701. The molecule has 0 aliphatic carbocycles. The Bertz CT molecular complexity index is 361. The minimum absolute atomic E-state index is 0.0278. The van der Waals surface area contributed by atoms with Gasteiger partial charge in [0.15, 0.2) is 6.61 Å². The van der Waals surface area contributed by atoms with Crippen LogP contribution >= 0.6 is 0 Å². The predicted octanol–water partition coefficient (Wildman–Crippen LogP) is 1.26. The molecule has 0 bridgehead atoms. The molecule has 0 radical (unpaired) electrons. The normalized spacial score (nSPS) is 11.9. The Labute approximate surface area is 102 Å². The van der Waals surface area contributed by atoms with Crippen LogP contribution < -0.4 is 10.1 Å². The molecule has 0 unspecified atom stereocenters. The lowest BCUT2D eigenvalue weighted by molar-refractivity contribution is -0.124. The molecule has 17 heavy (non-hydrogen) atoms. The second-order valence-electron chi connectivity index (χ2n) is 3.96. The molecule has 1 rings (SSSR count). The van der Waals surface area contributed by atoms with Gasteiger partial charge in [0.2, 0.25) is 0 Å². The van der Waals surface area contributed by atoms with Crippen molar-refractivity contribution < 1.29 is 14.6 Å². The first kappa shape index (κ1) is 13.5. The van der Waals surface area contributed by atoms with Crippen LogP contribution in [0.4, 0.5) is 0 Å². The Morgan fingerprint density at radius 2 is 2.29 bits per heavy atom. The Balaban J connectivity index is 2.38. The summed E-state index contributed by atoms with van der Waals surface area (Å²) in [7, 11) is 0. The largest absolute Gasteiger partial charge is 0.484 e. The van der Waals surface area contributed by atoms with Gasteiger partial charge in [-0.25, -0.2) is 0 Å². The van der Waals surface area contributed by atoms with Crippen LogP contribution in [-0.2, 0) is 4.79 Å². The second kappa shape index (κ2) is 6.91. The van der Waals surface area contributed by atoms with Crippen molar-refractivity contribution in [1.82, 2.24) is 5.32 Å². The van der Waals surface area contributed by atoms with Crippen LogP contribution in [-0.4, -0.2) is 30.3 Å². The third kappa shape index (κ3) is 4.87. The zero-order valence-electron chi connectivity index (χ0n) is 10.3. The monoisotopic (exact) mass is 237 g/mol. The molecule has 0 heterocycles. The predicted molar refractivity (Wildman–Crippen MR) is 66.0 cm³/mol. The summed E-state index contributed by atoms with van der Waals surface area (Å²) in [6.45, 7) is 3.79. The van der Waals surface area contributed by atoms with Crippen LogP contribution in [0.15, 0.2) is 24.3 Å². The Morgan fingerprint density at radius 3 is 2.88 bits per heavy atom. The van der Waals surface area contributed by atoms with E-state index in [-0.39, 0.29) is 25.2 Å². The maximum Gasteiger partial charge on any atom is 0.258 e. The number of carbonyl (C=O) groups is 1. The fourth-order valence-corrected chi connectivity index (χ4v) is 1.40. The van der Waals surface area contributed by atoms with E-state index in [2.05, 4.69) is 5.32 Å². The van der Waals surface area contributed by atoms with E-state index in [1.54, 1.807) is 0 Å². The van der Waals surface area contributed by atoms with E-state index in [0.29, 0.717) is 12.2 Å². The Kier molecular flexibility index (Phi) is 5.49. The van der Waals surface area contributed by atoms with Gasteiger partial charge in [-0.2, -0.15) is 0 Å². The standard InChI is InChI=1S/C13H19NO3/c1-3-11(8-15)14-13(16)9-17-12-6-4-5-10(2)7-12/h4-7,11,15H,3,8-9H2,1-2H3,(H,14,16)/t11-/m0/s1. The van der Waals surface area contributed by atoms with Crippen molar-refractivity contribution in [2.45, 2.75) is 26.3 Å². The highest BCUT2D eigenvalue weighted by Gasteiger charge is 2.09. The van der Waals surface area contributed by atoms with Crippen LogP contribution in [0.5, 0.6) is 5.75 Å². The van der Waals surface area contributed by atoms with E-state index in [4.69, 9.17) is 9.84 Å². The fraction of sp³-hybridized carbons (Fsp3) is 0.462. The van der Waals surface area contributed by atoms with Gasteiger partial charge in [-0.1, -0.05) is 19.1 Å². The summed E-state index contributed by atoms with van der Waals surface area (Å²) < 4.78 is 5.34. The molecule has 0 saturated heterocycles. The van der Waals surface area contributed by atoms with E-state index < -0.39 is 0 Å². The number of aliphatic hydroxyl groups is 1. The SMILES string of the molecule is CC[C@@H](CO)NC(=O)COc1cccc(C)c1. The fourth-order valence-electron chi connectivity index (χ4n) is 1.40. The van der Waals surface area contributed by atoms with Crippen LogP contribution in [0.2, 0.25) is 0 Å². The van der Waals surface area contributed by atoms with Crippen molar-refractivity contribution in [2.24, 2.45) is 0 Å².